The molecule has 0 saturated heterocycles. The average molecular weight is 562 g/mol. The van der Waals surface area contributed by atoms with Crippen LogP contribution in [-0.2, 0) is 19.8 Å². The van der Waals surface area contributed by atoms with Gasteiger partial charge in [0.1, 0.15) is 11.3 Å². The lowest BCUT2D eigenvalue weighted by molar-refractivity contribution is -0.140. The molecule has 4 heterocycles. The average Bonchev–Trinajstić information content (AvgIpc) is 3.45. The molecule has 9 nitrogen and oxygen atoms in total. The Morgan fingerprint density at radius 3 is 2.38 bits per heavy atom. The van der Waals surface area contributed by atoms with E-state index in [1.54, 1.807) is 36.4 Å². The standard InChI is InChI=1S/C25H20F6N8O/c1-37-12-17(25(29,30)31)35-21(37)14-7-5-13(6-8-14)11-38-22-16(39(24(38)32)19(28)18(26)27)10-34-20(36-22)15-4-3-9-33-23(15)40-2/h3-10,12,18-19,32H,11H2,1-2H3. The van der Waals surface area contributed by atoms with E-state index in [-0.39, 0.29) is 35.2 Å². The van der Waals surface area contributed by atoms with E-state index in [4.69, 9.17) is 10.1 Å². The molecule has 0 spiro atoms. The smallest absolute Gasteiger partial charge is 0.434 e. The predicted molar refractivity (Wildman–Crippen MR) is 130 cm³/mol. The van der Waals surface area contributed by atoms with E-state index >= 15 is 0 Å². The van der Waals surface area contributed by atoms with Crippen LogP contribution in [-0.4, -0.2) is 47.2 Å². The minimum atomic E-state index is -4.60. The molecule has 0 radical (unpaired) electrons. The zero-order chi connectivity index (χ0) is 28.8. The zero-order valence-corrected chi connectivity index (χ0v) is 20.9. The Morgan fingerprint density at radius 1 is 1.02 bits per heavy atom. The van der Waals surface area contributed by atoms with Crippen LogP contribution >= 0.6 is 0 Å². The van der Waals surface area contributed by atoms with E-state index in [0.29, 0.717) is 21.3 Å². The number of hydrogen-bond donors (Lipinski definition) is 1. The summed E-state index contributed by atoms with van der Waals surface area (Å²) in [6.45, 7) is -0.0897. The maximum absolute atomic E-state index is 14.6. The van der Waals surface area contributed by atoms with Gasteiger partial charge >= 0.3 is 6.18 Å². The highest BCUT2D eigenvalue weighted by molar-refractivity contribution is 5.75. The van der Waals surface area contributed by atoms with Crippen molar-refractivity contribution >= 4 is 11.2 Å². The number of methoxy groups -OCH3 is 1. The van der Waals surface area contributed by atoms with Gasteiger partial charge in [0, 0.05) is 25.0 Å². The molecule has 0 fully saturated rings. The van der Waals surface area contributed by atoms with E-state index in [0.717, 1.165) is 12.4 Å². The molecule has 5 aromatic rings. The van der Waals surface area contributed by atoms with Gasteiger partial charge in [-0.25, -0.2) is 33.1 Å². The normalized spacial score (nSPS) is 12.8. The Bertz CT molecular complexity index is 1740. The summed E-state index contributed by atoms with van der Waals surface area (Å²) in [5.74, 6) is 0.402. The molecule has 40 heavy (non-hydrogen) atoms. The summed E-state index contributed by atoms with van der Waals surface area (Å²) >= 11 is 0. The Balaban J connectivity index is 1.58. The van der Waals surface area contributed by atoms with E-state index in [1.807, 2.05) is 0 Å². The number of imidazole rings is 2. The molecule has 15 heteroatoms. The molecule has 0 aliphatic heterocycles. The fourth-order valence-electron chi connectivity index (χ4n) is 4.26. The van der Waals surface area contributed by atoms with Crippen LogP contribution in [0.25, 0.3) is 33.9 Å². The van der Waals surface area contributed by atoms with Gasteiger partial charge in [0.15, 0.2) is 17.2 Å². The lowest BCUT2D eigenvalue weighted by Gasteiger charge is -2.09. The molecule has 1 unspecified atom stereocenters. The Morgan fingerprint density at radius 2 is 1.75 bits per heavy atom. The van der Waals surface area contributed by atoms with E-state index in [9.17, 15) is 26.3 Å². The summed E-state index contributed by atoms with van der Waals surface area (Å²) < 4.78 is 88.8. The van der Waals surface area contributed by atoms with E-state index in [1.165, 1.54) is 29.5 Å². The zero-order valence-electron chi connectivity index (χ0n) is 20.9. The third-order valence-corrected chi connectivity index (χ3v) is 6.13. The molecule has 0 bridgehead atoms. The summed E-state index contributed by atoms with van der Waals surface area (Å²) in [5.41, 5.74) is -0.414. The largest absolute Gasteiger partial charge is 0.480 e. The molecule has 0 aliphatic rings. The summed E-state index contributed by atoms with van der Waals surface area (Å²) in [6, 6.07) is 9.50. The fourth-order valence-corrected chi connectivity index (χ4v) is 4.26. The first-order chi connectivity index (χ1) is 19.0. The minimum absolute atomic E-state index is 0.00667. The second-order valence-electron chi connectivity index (χ2n) is 8.70. The summed E-state index contributed by atoms with van der Waals surface area (Å²) in [6.07, 6.45) is -7.31. The number of hydrogen-bond acceptors (Lipinski definition) is 6. The number of benzene rings is 1. The van der Waals surface area contributed by atoms with Gasteiger partial charge in [0.2, 0.25) is 17.8 Å². The molecule has 0 aliphatic carbocycles. The highest BCUT2D eigenvalue weighted by atomic mass is 19.4. The van der Waals surface area contributed by atoms with Crippen LogP contribution < -0.4 is 10.4 Å². The van der Waals surface area contributed by atoms with Crippen molar-refractivity contribution in [2.45, 2.75) is 25.4 Å². The van der Waals surface area contributed by atoms with Crippen molar-refractivity contribution in [2.24, 2.45) is 7.05 Å². The third-order valence-electron chi connectivity index (χ3n) is 6.13. The van der Waals surface area contributed by atoms with Crippen molar-refractivity contribution in [3.63, 3.8) is 0 Å². The number of ether oxygens (including phenoxy) is 1. The molecule has 1 atom stereocenters. The Kier molecular flexibility index (Phi) is 6.81. The topological polar surface area (TPSA) is 99.4 Å². The van der Waals surface area contributed by atoms with Crippen LogP contribution in [0.2, 0.25) is 0 Å². The van der Waals surface area contributed by atoms with Gasteiger partial charge in [-0.15, -0.1) is 0 Å². The lowest BCUT2D eigenvalue weighted by Crippen LogP contribution is -2.29. The van der Waals surface area contributed by atoms with Gasteiger partial charge in [-0.05, 0) is 17.7 Å². The van der Waals surface area contributed by atoms with Crippen LogP contribution in [0.3, 0.4) is 0 Å². The number of aromatic nitrogens is 7. The number of nitrogens with zero attached hydrogens (tertiary/aromatic N) is 7. The van der Waals surface area contributed by atoms with Gasteiger partial charge in [0.05, 0.1) is 25.4 Å². The second kappa shape index (κ2) is 10.1. The minimum Gasteiger partial charge on any atom is -0.480 e. The van der Waals surface area contributed by atoms with E-state index < -0.39 is 30.2 Å². The monoisotopic (exact) mass is 562 g/mol. The lowest BCUT2D eigenvalue weighted by atomic mass is 10.1. The molecule has 0 amide bonds. The molecule has 1 aromatic carbocycles. The van der Waals surface area contributed by atoms with Crippen LogP contribution in [0.15, 0.2) is 55.0 Å². The van der Waals surface area contributed by atoms with E-state index in [2.05, 4.69) is 19.9 Å². The SMILES string of the molecule is COc1ncccc1-c1ncc2c(n1)n(Cc1ccc(-c3nc(C(F)(F)F)cn3C)cc1)c(=N)n2C(F)C(F)F. The van der Waals surface area contributed by atoms with Gasteiger partial charge < -0.3 is 9.30 Å². The van der Waals surface area contributed by atoms with Crippen LogP contribution in [0, 0.1) is 5.41 Å². The first kappa shape index (κ1) is 26.9. The number of nitrogens with one attached hydrogen (secondary N) is 1. The van der Waals surface area contributed by atoms with Gasteiger partial charge in [-0.2, -0.15) is 13.2 Å². The molecular formula is C25H20F6N8O. The Labute approximate surface area is 221 Å². The molecule has 5 rings (SSSR count). The predicted octanol–water partition coefficient (Wildman–Crippen LogP) is 4.98. The first-order valence-electron chi connectivity index (χ1n) is 11.6. The maximum atomic E-state index is 14.6. The number of aryl methyl sites for hydroxylation is 1. The highest BCUT2D eigenvalue weighted by Gasteiger charge is 2.34. The summed E-state index contributed by atoms with van der Waals surface area (Å²) in [4.78, 5) is 16.4. The molecular weight excluding hydrogens is 542 g/mol. The first-order valence-corrected chi connectivity index (χ1v) is 11.6. The number of pyridine rings is 1. The maximum Gasteiger partial charge on any atom is 0.434 e. The van der Waals surface area contributed by atoms with Crippen LogP contribution in [0.4, 0.5) is 26.3 Å². The van der Waals surface area contributed by atoms with Crippen molar-refractivity contribution in [1.82, 2.24) is 33.6 Å². The van der Waals surface area contributed by atoms with Gasteiger partial charge in [-0.1, -0.05) is 24.3 Å². The van der Waals surface area contributed by atoms with Crippen molar-refractivity contribution in [3.8, 4) is 28.7 Å². The van der Waals surface area contributed by atoms with Gasteiger partial charge in [-0.3, -0.25) is 14.5 Å². The molecule has 208 valence electrons. The number of alkyl halides is 6. The van der Waals surface area contributed by atoms with Crippen LogP contribution in [0.5, 0.6) is 5.88 Å². The fraction of sp³-hybridized carbons (Fsp3) is 0.240. The Hall–Kier alpha value is -4.69. The summed E-state index contributed by atoms with van der Waals surface area (Å²) in [5, 5.41) is 8.50. The summed E-state index contributed by atoms with van der Waals surface area (Å²) in [7, 11) is 2.84. The molecule has 4 aromatic heterocycles. The number of rotatable bonds is 7. The third kappa shape index (κ3) is 4.78. The van der Waals surface area contributed by atoms with Crippen LogP contribution in [0.1, 0.15) is 17.6 Å². The van der Waals surface area contributed by atoms with Crippen molar-refractivity contribution in [3.05, 3.63) is 71.9 Å². The highest BCUT2D eigenvalue weighted by Crippen LogP contribution is 2.31. The van der Waals surface area contributed by atoms with Crippen molar-refractivity contribution in [2.75, 3.05) is 7.11 Å². The van der Waals surface area contributed by atoms with Gasteiger partial charge in [0.25, 0.3) is 6.43 Å². The molecule has 1 N–H and O–H groups in total. The van der Waals surface area contributed by atoms with Crippen molar-refractivity contribution < 1.29 is 31.1 Å². The molecule has 0 saturated carbocycles. The van der Waals surface area contributed by atoms with Crippen molar-refractivity contribution in [1.29, 1.82) is 5.41 Å². The quantitative estimate of drug-likeness (QED) is 0.282. The number of halogens is 6. The second-order valence-corrected chi connectivity index (χ2v) is 8.70. The number of fused-ring (bicyclic) bond motifs is 1.